The van der Waals surface area contributed by atoms with Crippen LogP contribution in [0.5, 0.6) is 5.75 Å². The molecule has 0 atom stereocenters. The Morgan fingerprint density at radius 2 is 2.33 bits per heavy atom. The molecule has 0 bridgehead atoms. The van der Waals surface area contributed by atoms with Crippen LogP contribution in [0.1, 0.15) is 5.56 Å². The Morgan fingerprint density at radius 1 is 1.47 bits per heavy atom. The van der Waals surface area contributed by atoms with Gasteiger partial charge in [0, 0.05) is 18.8 Å². The number of hydrogen-bond donors (Lipinski definition) is 2. The second-order valence-electron chi connectivity index (χ2n) is 3.10. The quantitative estimate of drug-likeness (QED) is 0.568. The first-order valence-electron chi connectivity index (χ1n) is 4.83. The molecule has 3 heteroatoms. The van der Waals surface area contributed by atoms with Crippen molar-refractivity contribution in [2.75, 3.05) is 18.1 Å². The van der Waals surface area contributed by atoms with E-state index in [0.29, 0.717) is 5.75 Å². The molecule has 0 heterocycles. The predicted octanol–water partition coefficient (Wildman–Crippen LogP) is 1.85. The molecule has 0 aliphatic carbocycles. The first kappa shape index (κ1) is 12.0. The van der Waals surface area contributed by atoms with Crippen LogP contribution in [0, 0.1) is 12.3 Å². The maximum absolute atomic E-state index is 9.23. The Hall–Kier alpha value is -1.11. The van der Waals surface area contributed by atoms with Gasteiger partial charge in [0.05, 0.1) is 5.75 Å². The van der Waals surface area contributed by atoms with Crippen molar-refractivity contribution < 1.29 is 5.11 Å². The number of nitrogens with one attached hydrogen (secondary N) is 1. The third-order valence-electron chi connectivity index (χ3n) is 1.85. The van der Waals surface area contributed by atoms with Crippen LogP contribution in [0.4, 0.5) is 0 Å². The smallest absolute Gasteiger partial charge is 0.115 e. The first-order valence-corrected chi connectivity index (χ1v) is 5.98. The van der Waals surface area contributed by atoms with Gasteiger partial charge in [-0.05, 0) is 17.7 Å². The highest BCUT2D eigenvalue weighted by atomic mass is 32.2. The van der Waals surface area contributed by atoms with Gasteiger partial charge in [-0.25, -0.2) is 0 Å². The van der Waals surface area contributed by atoms with Crippen molar-refractivity contribution in [3.05, 3.63) is 29.8 Å². The topological polar surface area (TPSA) is 32.3 Å². The number of benzene rings is 1. The van der Waals surface area contributed by atoms with E-state index in [9.17, 15) is 5.11 Å². The molecule has 0 aliphatic rings. The number of rotatable bonds is 6. The highest BCUT2D eigenvalue weighted by Gasteiger charge is 1.93. The monoisotopic (exact) mass is 221 g/mol. The number of aromatic hydroxyl groups is 1. The summed E-state index contributed by atoms with van der Waals surface area (Å²) in [6, 6.07) is 7.27. The normalized spacial score (nSPS) is 9.80. The highest BCUT2D eigenvalue weighted by Crippen LogP contribution is 2.10. The van der Waals surface area contributed by atoms with Gasteiger partial charge in [0.15, 0.2) is 0 Å². The molecule has 0 aromatic heterocycles. The molecule has 0 amide bonds. The van der Waals surface area contributed by atoms with Crippen molar-refractivity contribution in [3.8, 4) is 18.1 Å². The molecule has 0 aliphatic heterocycles. The molecular formula is C12H15NOS. The van der Waals surface area contributed by atoms with Gasteiger partial charge in [-0.3, -0.25) is 0 Å². The van der Waals surface area contributed by atoms with Crippen molar-refractivity contribution in [2.24, 2.45) is 0 Å². The van der Waals surface area contributed by atoms with Crippen LogP contribution < -0.4 is 5.32 Å². The summed E-state index contributed by atoms with van der Waals surface area (Å²) in [5.41, 5.74) is 1.09. The lowest BCUT2D eigenvalue weighted by molar-refractivity contribution is 0.474. The van der Waals surface area contributed by atoms with E-state index in [1.54, 1.807) is 23.9 Å². The fourth-order valence-corrected chi connectivity index (χ4v) is 1.73. The zero-order valence-corrected chi connectivity index (χ0v) is 9.39. The van der Waals surface area contributed by atoms with Crippen molar-refractivity contribution in [2.45, 2.75) is 6.54 Å². The third-order valence-corrected chi connectivity index (χ3v) is 2.71. The molecular weight excluding hydrogens is 206 g/mol. The predicted molar refractivity (Wildman–Crippen MR) is 66.0 cm³/mol. The van der Waals surface area contributed by atoms with Crippen LogP contribution in [0.25, 0.3) is 0 Å². The lowest BCUT2D eigenvalue weighted by Crippen LogP contribution is -2.16. The number of phenols is 1. The van der Waals surface area contributed by atoms with Crippen molar-refractivity contribution >= 4 is 11.8 Å². The van der Waals surface area contributed by atoms with E-state index in [-0.39, 0.29) is 0 Å². The van der Waals surface area contributed by atoms with Crippen LogP contribution in [0.15, 0.2) is 24.3 Å². The summed E-state index contributed by atoms with van der Waals surface area (Å²) in [5.74, 6) is 4.69. The van der Waals surface area contributed by atoms with Crippen LogP contribution in [0.3, 0.4) is 0 Å². The van der Waals surface area contributed by atoms with E-state index in [2.05, 4.69) is 11.2 Å². The van der Waals surface area contributed by atoms with E-state index in [4.69, 9.17) is 6.42 Å². The molecule has 15 heavy (non-hydrogen) atoms. The highest BCUT2D eigenvalue weighted by molar-refractivity contribution is 7.99. The summed E-state index contributed by atoms with van der Waals surface area (Å²) in [6.45, 7) is 1.72. The lowest BCUT2D eigenvalue weighted by atomic mass is 10.2. The van der Waals surface area contributed by atoms with Crippen LogP contribution >= 0.6 is 11.8 Å². The largest absolute Gasteiger partial charge is 0.508 e. The molecule has 1 aromatic carbocycles. The van der Waals surface area contributed by atoms with Crippen LogP contribution in [-0.4, -0.2) is 23.2 Å². The van der Waals surface area contributed by atoms with E-state index in [1.165, 1.54) is 0 Å². The van der Waals surface area contributed by atoms with Crippen molar-refractivity contribution in [1.29, 1.82) is 0 Å². The van der Waals surface area contributed by atoms with E-state index >= 15 is 0 Å². The Balaban J connectivity index is 2.13. The van der Waals surface area contributed by atoms with Gasteiger partial charge in [0.2, 0.25) is 0 Å². The Kier molecular flexibility index (Phi) is 5.76. The Labute approximate surface area is 95.1 Å². The number of terminal acetylenes is 1. The molecule has 0 saturated heterocycles. The van der Waals surface area contributed by atoms with Crippen molar-refractivity contribution in [3.63, 3.8) is 0 Å². The summed E-state index contributed by atoms with van der Waals surface area (Å²) in [5, 5.41) is 12.5. The fraction of sp³-hybridized carbons (Fsp3) is 0.333. The van der Waals surface area contributed by atoms with Gasteiger partial charge in [-0.2, -0.15) is 0 Å². The number of hydrogen-bond acceptors (Lipinski definition) is 3. The standard InChI is InChI=1S/C12H15NOS/c1-2-7-15-8-6-13-10-11-4-3-5-12(14)9-11/h1,3-5,9,13-14H,6-8,10H2. The second-order valence-corrected chi connectivity index (χ2v) is 4.21. The summed E-state index contributed by atoms with van der Waals surface area (Å²) < 4.78 is 0. The number of phenolic OH excluding ortho intramolecular Hbond substituents is 1. The zero-order valence-electron chi connectivity index (χ0n) is 8.57. The maximum atomic E-state index is 9.23. The second kappa shape index (κ2) is 7.22. The summed E-state index contributed by atoms with van der Waals surface area (Å²) in [6.07, 6.45) is 5.13. The Morgan fingerprint density at radius 3 is 3.07 bits per heavy atom. The molecule has 0 unspecified atom stereocenters. The minimum atomic E-state index is 0.316. The molecule has 1 rings (SSSR count). The van der Waals surface area contributed by atoms with Gasteiger partial charge >= 0.3 is 0 Å². The van der Waals surface area contributed by atoms with Crippen LogP contribution in [0.2, 0.25) is 0 Å². The number of thioether (sulfide) groups is 1. The van der Waals surface area contributed by atoms with Gasteiger partial charge in [-0.15, -0.1) is 18.2 Å². The molecule has 2 N–H and O–H groups in total. The first-order chi connectivity index (χ1) is 7.33. The molecule has 0 fully saturated rings. The molecule has 0 radical (unpaired) electrons. The molecule has 0 saturated carbocycles. The molecule has 80 valence electrons. The van der Waals surface area contributed by atoms with Gasteiger partial charge in [0.25, 0.3) is 0 Å². The fourth-order valence-electron chi connectivity index (χ4n) is 1.17. The summed E-state index contributed by atoms with van der Waals surface area (Å²) in [7, 11) is 0. The summed E-state index contributed by atoms with van der Waals surface area (Å²) >= 11 is 1.74. The third kappa shape index (κ3) is 5.36. The molecule has 0 spiro atoms. The zero-order chi connectivity index (χ0) is 10.9. The maximum Gasteiger partial charge on any atom is 0.115 e. The Bertz CT molecular complexity index is 333. The SMILES string of the molecule is C#CCSCCNCc1cccc(O)c1. The van der Waals surface area contributed by atoms with E-state index in [0.717, 1.165) is 30.2 Å². The van der Waals surface area contributed by atoms with E-state index in [1.807, 2.05) is 12.1 Å². The average Bonchev–Trinajstić information content (AvgIpc) is 2.23. The summed E-state index contributed by atoms with van der Waals surface area (Å²) in [4.78, 5) is 0. The van der Waals surface area contributed by atoms with Gasteiger partial charge in [0.1, 0.15) is 5.75 Å². The van der Waals surface area contributed by atoms with Crippen molar-refractivity contribution in [1.82, 2.24) is 5.32 Å². The van der Waals surface area contributed by atoms with Gasteiger partial charge < -0.3 is 10.4 Å². The average molecular weight is 221 g/mol. The van der Waals surface area contributed by atoms with Gasteiger partial charge in [-0.1, -0.05) is 18.1 Å². The minimum absolute atomic E-state index is 0.316. The molecule has 2 nitrogen and oxygen atoms in total. The van der Waals surface area contributed by atoms with E-state index < -0.39 is 0 Å². The van der Waals surface area contributed by atoms with Crippen LogP contribution in [-0.2, 0) is 6.54 Å². The lowest BCUT2D eigenvalue weighted by Gasteiger charge is -2.04. The molecule has 1 aromatic rings. The minimum Gasteiger partial charge on any atom is -0.508 e.